The summed E-state index contributed by atoms with van der Waals surface area (Å²) >= 11 is 0. The maximum absolute atomic E-state index is 4.80. The Kier molecular flexibility index (Phi) is 2.51. The highest BCUT2D eigenvalue weighted by Crippen LogP contribution is 2.51. The first-order valence-electron chi connectivity index (χ1n) is 6.76. The molecule has 0 amide bonds. The zero-order valence-corrected chi connectivity index (χ0v) is 11.2. The van der Waals surface area contributed by atoms with E-state index in [4.69, 9.17) is 4.98 Å². The average molecular weight is 230 g/mol. The molecule has 0 unspecified atom stereocenters. The zero-order valence-electron chi connectivity index (χ0n) is 11.2. The van der Waals surface area contributed by atoms with Crippen LogP contribution >= 0.6 is 0 Å². The van der Waals surface area contributed by atoms with Crippen molar-refractivity contribution in [2.24, 2.45) is 5.92 Å². The molecule has 0 atom stereocenters. The van der Waals surface area contributed by atoms with Gasteiger partial charge in [0.25, 0.3) is 0 Å². The van der Waals surface area contributed by atoms with Crippen LogP contribution in [0.5, 0.6) is 0 Å². The lowest BCUT2D eigenvalue weighted by atomic mass is 9.90. The summed E-state index contributed by atoms with van der Waals surface area (Å²) in [5, 5.41) is 0. The van der Waals surface area contributed by atoms with Crippen molar-refractivity contribution in [2.75, 3.05) is 13.6 Å². The summed E-state index contributed by atoms with van der Waals surface area (Å²) in [7, 11) is 2.23. The van der Waals surface area contributed by atoms with Crippen LogP contribution in [0.25, 0.3) is 0 Å². The Bertz CT molecular complexity index is 433. The van der Waals surface area contributed by atoms with Crippen LogP contribution in [0.4, 0.5) is 0 Å². The van der Waals surface area contributed by atoms with Gasteiger partial charge in [0.15, 0.2) is 0 Å². The number of likely N-dealkylation sites (N-methyl/N-ethyl adjacent to an activating group) is 1. The molecule has 0 bridgehead atoms. The minimum Gasteiger partial charge on any atom is -0.301 e. The van der Waals surface area contributed by atoms with Crippen molar-refractivity contribution in [1.82, 2.24) is 9.88 Å². The summed E-state index contributed by atoms with van der Waals surface area (Å²) < 4.78 is 0. The number of nitrogens with zero attached hydrogens (tertiary/aromatic N) is 2. The number of fused-ring (bicyclic) bond motifs is 2. The van der Waals surface area contributed by atoms with E-state index in [1.807, 2.05) is 0 Å². The van der Waals surface area contributed by atoms with Crippen LogP contribution in [0.2, 0.25) is 0 Å². The first-order valence-corrected chi connectivity index (χ1v) is 6.76. The topological polar surface area (TPSA) is 16.1 Å². The molecule has 3 rings (SSSR count). The Morgan fingerprint density at radius 3 is 2.82 bits per heavy atom. The van der Waals surface area contributed by atoms with Gasteiger partial charge in [0, 0.05) is 24.7 Å². The molecule has 1 spiro atoms. The van der Waals surface area contributed by atoms with E-state index in [-0.39, 0.29) is 0 Å². The fraction of sp³-hybridized carbons (Fsp3) is 0.667. The van der Waals surface area contributed by atoms with Gasteiger partial charge in [-0.2, -0.15) is 0 Å². The van der Waals surface area contributed by atoms with Crippen molar-refractivity contribution in [3.63, 3.8) is 0 Å². The monoisotopic (exact) mass is 230 g/mol. The molecule has 2 aliphatic rings. The molecule has 1 aromatic rings. The summed E-state index contributed by atoms with van der Waals surface area (Å²) in [4.78, 5) is 7.25. The van der Waals surface area contributed by atoms with Crippen LogP contribution in [0.1, 0.15) is 43.5 Å². The summed E-state index contributed by atoms with van der Waals surface area (Å²) in [5.41, 5.74) is 4.72. The highest BCUT2D eigenvalue weighted by molar-refractivity contribution is 5.38. The fourth-order valence-electron chi connectivity index (χ4n) is 3.22. The van der Waals surface area contributed by atoms with Crippen LogP contribution in [0.15, 0.2) is 12.3 Å². The second-order valence-electron chi connectivity index (χ2n) is 6.40. The third kappa shape index (κ3) is 1.99. The first kappa shape index (κ1) is 11.2. The van der Waals surface area contributed by atoms with E-state index in [2.05, 4.69) is 38.1 Å². The van der Waals surface area contributed by atoms with E-state index < -0.39 is 0 Å². The third-order valence-corrected chi connectivity index (χ3v) is 4.04. The standard InChI is InChI=1S/C15H22N2/c1-11(2)6-12-7-13-9-17(3)10-15(4-5-15)14(13)16-8-12/h7-8,11H,4-6,9-10H2,1-3H3. The predicted molar refractivity (Wildman–Crippen MR) is 70.0 cm³/mol. The maximum atomic E-state index is 4.80. The van der Waals surface area contributed by atoms with Gasteiger partial charge in [0.2, 0.25) is 0 Å². The van der Waals surface area contributed by atoms with Gasteiger partial charge < -0.3 is 4.90 Å². The number of aromatic nitrogens is 1. The normalized spacial score (nSPS) is 21.9. The number of hydrogen-bond donors (Lipinski definition) is 0. The molecule has 2 heteroatoms. The van der Waals surface area contributed by atoms with E-state index in [0.717, 1.165) is 13.0 Å². The lowest BCUT2D eigenvalue weighted by Crippen LogP contribution is -2.36. The van der Waals surface area contributed by atoms with Crippen molar-refractivity contribution in [3.05, 3.63) is 29.1 Å². The SMILES string of the molecule is CC(C)Cc1cnc2c(c1)CN(C)CC21CC1. The second kappa shape index (κ2) is 3.81. The van der Waals surface area contributed by atoms with Gasteiger partial charge in [-0.05, 0) is 43.4 Å². The molecule has 1 aliphatic heterocycles. The molecule has 0 radical (unpaired) electrons. The van der Waals surface area contributed by atoms with E-state index in [1.165, 1.54) is 36.2 Å². The zero-order chi connectivity index (χ0) is 12.0. The average Bonchev–Trinajstić information content (AvgIpc) is 2.96. The summed E-state index contributed by atoms with van der Waals surface area (Å²) in [6.45, 7) is 6.83. The maximum Gasteiger partial charge on any atom is 0.0523 e. The molecule has 0 aromatic carbocycles. The van der Waals surface area contributed by atoms with Gasteiger partial charge in [-0.1, -0.05) is 19.9 Å². The molecule has 1 fully saturated rings. The molecule has 0 saturated heterocycles. The van der Waals surface area contributed by atoms with Crippen molar-refractivity contribution in [3.8, 4) is 0 Å². The van der Waals surface area contributed by atoms with Crippen molar-refractivity contribution in [1.29, 1.82) is 0 Å². The van der Waals surface area contributed by atoms with Gasteiger partial charge in [-0.25, -0.2) is 0 Å². The van der Waals surface area contributed by atoms with Crippen LogP contribution in [0, 0.1) is 5.92 Å². The molecular formula is C15H22N2. The van der Waals surface area contributed by atoms with E-state index in [0.29, 0.717) is 11.3 Å². The number of rotatable bonds is 2. The smallest absolute Gasteiger partial charge is 0.0523 e. The Morgan fingerprint density at radius 2 is 2.18 bits per heavy atom. The summed E-state index contributed by atoms with van der Waals surface area (Å²) in [6, 6.07) is 2.40. The van der Waals surface area contributed by atoms with Crippen molar-refractivity contribution in [2.45, 2.75) is 45.1 Å². The summed E-state index contributed by atoms with van der Waals surface area (Å²) in [6.07, 6.45) is 5.93. The Hall–Kier alpha value is -0.890. The van der Waals surface area contributed by atoms with E-state index in [9.17, 15) is 0 Å². The molecule has 1 saturated carbocycles. The minimum absolute atomic E-state index is 0.429. The van der Waals surface area contributed by atoms with Crippen LogP contribution in [-0.2, 0) is 18.4 Å². The van der Waals surface area contributed by atoms with E-state index >= 15 is 0 Å². The molecule has 2 heterocycles. The molecule has 1 aliphatic carbocycles. The minimum atomic E-state index is 0.429. The molecule has 17 heavy (non-hydrogen) atoms. The van der Waals surface area contributed by atoms with Crippen molar-refractivity contribution < 1.29 is 0 Å². The highest BCUT2D eigenvalue weighted by atomic mass is 15.1. The number of pyridine rings is 1. The lowest BCUT2D eigenvalue weighted by molar-refractivity contribution is 0.266. The fourth-order valence-corrected chi connectivity index (χ4v) is 3.22. The van der Waals surface area contributed by atoms with Crippen LogP contribution in [-0.4, -0.2) is 23.5 Å². The van der Waals surface area contributed by atoms with Crippen molar-refractivity contribution >= 4 is 0 Å². The van der Waals surface area contributed by atoms with Gasteiger partial charge in [0.1, 0.15) is 0 Å². The molecule has 0 N–H and O–H groups in total. The Balaban J connectivity index is 1.94. The quantitative estimate of drug-likeness (QED) is 0.776. The highest BCUT2D eigenvalue weighted by Gasteiger charge is 2.49. The van der Waals surface area contributed by atoms with E-state index in [1.54, 1.807) is 0 Å². The Labute approximate surface area is 104 Å². The third-order valence-electron chi connectivity index (χ3n) is 4.04. The molecule has 92 valence electrons. The van der Waals surface area contributed by atoms with Gasteiger partial charge in [0.05, 0.1) is 5.69 Å². The molecule has 1 aromatic heterocycles. The first-order chi connectivity index (χ1) is 8.09. The Morgan fingerprint density at radius 1 is 1.41 bits per heavy atom. The summed E-state index contributed by atoms with van der Waals surface area (Å²) in [5.74, 6) is 0.714. The largest absolute Gasteiger partial charge is 0.301 e. The van der Waals surface area contributed by atoms with Crippen LogP contribution in [0.3, 0.4) is 0 Å². The van der Waals surface area contributed by atoms with Crippen LogP contribution < -0.4 is 0 Å². The predicted octanol–water partition coefficient (Wildman–Crippen LogP) is 2.76. The number of hydrogen-bond acceptors (Lipinski definition) is 2. The second-order valence-corrected chi connectivity index (χ2v) is 6.40. The van der Waals surface area contributed by atoms with Gasteiger partial charge >= 0.3 is 0 Å². The van der Waals surface area contributed by atoms with Gasteiger partial charge in [-0.3, -0.25) is 4.98 Å². The van der Waals surface area contributed by atoms with Gasteiger partial charge in [-0.15, -0.1) is 0 Å². The lowest BCUT2D eigenvalue weighted by Gasteiger charge is -2.31. The molecular weight excluding hydrogens is 208 g/mol. The molecule has 2 nitrogen and oxygen atoms in total.